The first-order valence-electron chi connectivity index (χ1n) is 11.7. The average Bonchev–Trinajstić information content (AvgIpc) is 3.43. The minimum absolute atomic E-state index is 0.0111. The highest BCUT2D eigenvalue weighted by molar-refractivity contribution is 7.78. The molecule has 1 aliphatic heterocycles. The monoisotopic (exact) mass is 549 g/mol. The van der Waals surface area contributed by atoms with Gasteiger partial charge in [-0.1, -0.05) is 60.8 Å². The number of benzene rings is 2. The summed E-state index contributed by atoms with van der Waals surface area (Å²) in [5.74, 6) is -1.21. The van der Waals surface area contributed by atoms with E-state index in [2.05, 4.69) is 5.32 Å². The van der Waals surface area contributed by atoms with E-state index in [9.17, 15) is 14.7 Å². The zero-order valence-corrected chi connectivity index (χ0v) is 22.3. The van der Waals surface area contributed by atoms with Crippen LogP contribution in [0, 0.1) is 0 Å². The standard InChI is InChI=1S/C28H24ClN3O3S2/c1-17(33)18-6-4-7-20(14-18)30-25-11-5-10-24(31-25)28(19-12-13-37-16-19)15-23(34)26(27(35)32(28)36)21-8-2-3-9-22(21)29/h2-14,16-17,26,33,36H,15H2,1H3,(H,30,31). The number of carbonyl (C=O) groups excluding carboxylic acids is 2. The predicted molar refractivity (Wildman–Crippen MR) is 149 cm³/mol. The molecule has 0 saturated carbocycles. The minimum Gasteiger partial charge on any atom is -0.389 e. The molecule has 0 spiro atoms. The molecule has 2 aromatic heterocycles. The van der Waals surface area contributed by atoms with Crippen molar-refractivity contribution in [3.63, 3.8) is 0 Å². The lowest BCUT2D eigenvalue weighted by Crippen LogP contribution is -2.54. The Morgan fingerprint density at radius 1 is 1.14 bits per heavy atom. The fourth-order valence-corrected chi connectivity index (χ4v) is 6.10. The summed E-state index contributed by atoms with van der Waals surface area (Å²) >= 11 is 12.5. The number of aliphatic hydroxyl groups is 1. The number of amides is 1. The molecule has 0 aliphatic carbocycles. The lowest BCUT2D eigenvalue weighted by molar-refractivity contribution is -0.142. The largest absolute Gasteiger partial charge is 0.389 e. The third-order valence-electron chi connectivity index (χ3n) is 6.60. The van der Waals surface area contributed by atoms with Crippen LogP contribution in [-0.4, -0.2) is 26.1 Å². The molecular formula is C28H24ClN3O3S2. The summed E-state index contributed by atoms with van der Waals surface area (Å²) < 4.78 is 1.34. The Labute approximate surface area is 229 Å². The van der Waals surface area contributed by atoms with E-state index < -0.39 is 23.5 Å². The Bertz CT molecular complexity index is 1460. The van der Waals surface area contributed by atoms with E-state index in [0.717, 1.165) is 16.8 Å². The van der Waals surface area contributed by atoms with Gasteiger partial charge in [0.1, 0.15) is 17.3 Å². The number of hydrogen-bond acceptors (Lipinski definition) is 7. The van der Waals surface area contributed by atoms with Crippen LogP contribution in [-0.2, 0) is 15.1 Å². The fraction of sp³-hybridized carbons (Fsp3) is 0.179. The molecule has 9 heteroatoms. The number of hydrogen-bond donors (Lipinski definition) is 3. The van der Waals surface area contributed by atoms with Crippen molar-refractivity contribution >= 4 is 58.9 Å². The van der Waals surface area contributed by atoms with Gasteiger partial charge in [-0.05, 0) is 70.8 Å². The molecule has 0 radical (unpaired) electrons. The molecule has 3 heterocycles. The number of carbonyl (C=O) groups is 2. The summed E-state index contributed by atoms with van der Waals surface area (Å²) in [5.41, 5.74) is 2.06. The van der Waals surface area contributed by atoms with Gasteiger partial charge in [-0.15, -0.1) is 0 Å². The van der Waals surface area contributed by atoms with E-state index in [1.807, 2.05) is 53.2 Å². The molecule has 5 rings (SSSR count). The normalized spacial score (nSPS) is 20.6. The molecule has 2 N–H and O–H groups in total. The summed E-state index contributed by atoms with van der Waals surface area (Å²) in [4.78, 5) is 32.3. The molecule has 3 unspecified atom stereocenters. The number of halogens is 1. The summed E-state index contributed by atoms with van der Waals surface area (Å²) in [6.45, 7) is 1.71. The number of Topliss-reactive ketones (excluding diaryl/α,β-unsaturated/α-hetero) is 1. The van der Waals surface area contributed by atoms with Crippen molar-refractivity contribution < 1.29 is 14.7 Å². The number of anilines is 2. The number of nitrogens with zero attached hydrogens (tertiary/aromatic N) is 2. The van der Waals surface area contributed by atoms with Crippen molar-refractivity contribution in [3.05, 3.63) is 111 Å². The van der Waals surface area contributed by atoms with Crippen LogP contribution in [0.1, 0.15) is 47.8 Å². The highest BCUT2D eigenvalue weighted by Crippen LogP contribution is 2.48. The smallest absolute Gasteiger partial charge is 0.248 e. The Hall–Kier alpha value is -3.17. The number of ketones is 1. The summed E-state index contributed by atoms with van der Waals surface area (Å²) in [7, 11) is 0. The van der Waals surface area contributed by atoms with E-state index in [0.29, 0.717) is 22.1 Å². The SMILES string of the molecule is CC(O)c1cccc(Nc2cccc(C3(c4ccsc4)CC(=O)C(c4ccccc4Cl)C(=O)N3S)n2)c1. The van der Waals surface area contributed by atoms with Crippen LogP contribution in [0.2, 0.25) is 5.02 Å². The van der Waals surface area contributed by atoms with E-state index >= 15 is 0 Å². The molecule has 1 amide bonds. The van der Waals surface area contributed by atoms with E-state index in [-0.39, 0.29) is 12.2 Å². The zero-order chi connectivity index (χ0) is 26.2. The van der Waals surface area contributed by atoms with Crippen LogP contribution < -0.4 is 5.32 Å². The van der Waals surface area contributed by atoms with Crippen LogP contribution in [0.4, 0.5) is 11.5 Å². The number of aliphatic hydroxyl groups excluding tert-OH is 1. The van der Waals surface area contributed by atoms with Gasteiger partial charge in [-0.3, -0.25) is 13.9 Å². The van der Waals surface area contributed by atoms with Gasteiger partial charge in [0.25, 0.3) is 0 Å². The first-order valence-corrected chi connectivity index (χ1v) is 13.4. The van der Waals surface area contributed by atoms with Crippen molar-refractivity contribution in [3.8, 4) is 0 Å². The number of nitrogens with one attached hydrogen (secondary N) is 1. The van der Waals surface area contributed by atoms with Crippen LogP contribution in [0.25, 0.3) is 0 Å². The van der Waals surface area contributed by atoms with Gasteiger partial charge in [0.2, 0.25) is 5.91 Å². The second-order valence-corrected chi connectivity index (χ2v) is 10.5. The number of thiol groups is 1. The maximum absolute atomic E-state index is 13.8. The van der Waals surface area contributed by atoms with Gasteiger partial charge in [0, 0.05) is 17.1 Å². The molecule has 1 aliphatic rings. The van der Waals surface area contributed by atoms with Crippen molar-refractivity contribution in [2.24, 2.45) is 0 Å². The molecule has 6 nitrogen and oxygen atoms in total. The molecule has 1 saturated heterocycles. The Morgan fingerprint density at radius 3 is 2.65 bits per heavy atom. The maximum atomic E-state index is 13.8. The van der Waals surface area contributed by atoms with Gasteiger partial charge in [-0.25, -0.2) is 4.98 Å². The van der Waals surface area contributed by atoms with E-state index in [1.54, 1.807) is 37.3 Å². The Morgan fingerprint density at radius 2 is 1.92 bits per heavy atom. The van der Waals surface area contributed by atoms with Gasteiger partial charge < -0.3 is 10.4 Å². The summed E-state index contributed by atoms with van der Waals surface area (Å²) in [5, 5.41) is 17.4. The Kier molecular flexibility index (Phi) is 7.09. The predicted octanol–water partition coefficient (Wildman–Crippen LogP) is 6.27. The summed E-state index contributed by atoms with van der Waals surface area (Å²) in [6, 6.07) is 21.6. The lowest BCUT2D eigenvalue weighted by atomic mass is 9.75. The fourth-order valence-electron chi connectivity index (χ4n) is 4.72. The van der Waals surface area contributed by atoms with Crippen LogP contribution in [0.5, 0.6) is 0 Å². The molecule has 37 heavy (non-hydrogen) atoms. The maximum Gasteiger partial charge on any atom is 0.248 e. The topological polar surface area (TPSA) is 82.5 Å². The average molecular weight is 550 g/mol. The van der Waals surface area contributed by atoms with Crippen molar-refractivity contribution in [1.29, 1.82) is 0 Å². The molecule has 3 atom stereocenters. The zero-order valence-electron chi connectivity index (χ0n) is 19.8. The van der Waals surface area contributed by atoms with Crippen molar-refractivity contribution in [1.82, 2.24) is 9.29 Å². The molecule has 1 fully saturated rings. The van der Waals surface area contributed by atoms with Gasteiger partial charge in [0.05, 0.1) is 11.8 Å². The highest BCUT2D eigenvalue weighted by atomic mass is 35.5. The minimum atomic E-state index is -1.20. The van der Waals surface area contributed by atoms with E-state index in [1.165, 1.54) is 15.6 Å². The number of piperidine rings is 1. The summed E-state index contributed by atoms with van der Waals surface area (Å²) in [6.07, 6.45) is -0.617. The number of aromatic nitrogens is 1. The molecule has 0 bridgehead atoms. The van der Waals surface area contributed by atoms with Crippen LogP contribution >= 0.6 is 35.8 Å². The third-order valence-corrected chi connectivity index (χ3v) is 8.16. The third kappa shape index (κ3) is 4.66. The van der Waals surface area contributed by atoms with Crippen LogP contribution in [0.15, 0.2) is 83.6 Å². The van der Waals surface area contributed by atoms with Gasteiger partial charge in [0.15, 0.2) is 5.78 Å². The number of pyridine rings is 1. The molecular weight excluding hydrogens is 526 g/mol. The highest BCUT2D eigenvalue weighted by Gasteiger charge is 2.53. The lowest BCUT2D eigenvalue weighted by Gasteiger charge is -2.45. The number of thiophene rings is 1. The van der Waals surface area contributed by atoms with Gasteiger partial charge >= 0.3 is 0 Å². The molecule has 2 aromatic carbocycles. The van der Waals surface area contributed by atoms with Gasteiger partial charge in [-0.2, -0.15) is 11.3 Å². The number of rotatable bonds is 6. The first-order chi connectivity index (χ1) is 17.8. The van der Waals surface area contributed by atoms with Crippen molar-refractivity contribution in [2.75, 3.05) is 5.32 Å². The van der Waals surface area contributed by atoms with Crippen molar-refractivity contribution in [2.45, 2.75) is 30.9 Å². The Balaban J connectivity index is 1.56. The second-order valence-electron chi connectivity index (χ2n) is 8.95. The quantitative estimate of drug-likeness (QED) is 0.195. The van der Waals surface area contributed by atoms with E-state index in [4.69, 9.17) is 29.4 Å². The molecule has 188 valence electrons. The second kappa shape index (κ2) is 10.3. The molecule has 4 aromatic rings. The van der Waals surface area contributed by atoms with Crippen LogP contribution in [0.3, 0.4) is 0 Å². The first kappa shape index (κ1) is 25.5.